The van der Waals surface area contributed by atoms with Crippen LogP contribution >= 0.6 is 0 Å². The van der Waals surface area contributed by atoms with E-state index in [0.29, 0.717) is 40.1 Å². The van der Waals surface area contributed by atoms with Crippen LogP contribution in [0.15, 0.2) is 36.7 Å². The number of rotatable bonds is 6. The summed E-state index contributed by atoms with van der Waals surface area (Å²) >= 11 is 0. The van der Waals surface area contributed by atoms with Gasteiger partial charge in [0.05, 0.1) is 29.0 Å². The average molecular weight is 376 g/mol. The molecule has 8 nitrogen and oxygen atoms in total. The monoisotopic (exact) mass is 376 g/mol. The van der Waals surface area contributed by atoms with Crippen LogP contribution in [0.1, 0.15) is 41.7 Å². The van der Waals surface area contributed by atoms with Crippen LogP contribution in [-0.2, 0) is 7.05 Å². The predicted molar refractivity (Wildman–Crippen MR) is 101 cm³/mol. The Morgan fingerprint density at radius 3 is 2.71 bits per heavy atom. The molecular weight excluding hydrogens is 356 g/mol. The van der Waals surface area contributed by atoms with Crippen molar-refractivity contribution in [2.75, 3.05) is 6.54 Å². The summed E-state index contributed by atoms with van der Waals surface area (Å²) < 4.78 is 7.79. The number of ether oxygens (including phenoxy) is 1. The van der Waals surface area contributed by atoms with Crippen molar-refractivity contribution in [3.63, 3.8) is 0 Å². The zero-order valence-corrected chi connectivity index (χ0v) is 15.4. The van der Waals surface area contributed by atoms with E-state index in [1.54, 1.807) is 22.9 Å². The Balaban J connectivity index is 1.69. The smallest absolute Gasteiger partial charge is 0.217 e. The third-order valence-corrected chi connectivity index (χ3v) is 4.70. The first-order chi connectivity index (χ1) is 13.6. The Labute approximate surface area is 162 Å². The second-order valence-corrected chi connectivity index (χ2v) is 6.82. The van der Waals surface area contributed by atoms with Gasteiger partial charge in [0.1, 0.15) is 5.75 Å². The highest BCUT2D eigenvalue weighted by Crippen LogP contribution is 2.41. The Hall–Kier alpha value is -3.28. The number of nitrogens with zero attached hydrogens (tertiary/aromatic N) is 5. The second kappa shape index (κ2) is 7.38. The molecule has 0 radical (unpaired) electrons. The van der Waals surface area contributed by atoms with E-state index in [4.69, 9.17) is 10.5 Å². The minimum atomic E-state index is -0.805. The largest absolute Gasteiger partial charge is 0.438 e. The van der Waals surface area contributed by atoms with Crippen LogP contribution in [0.3, 0.4) is 0 Å². The van der Waals surface area contributed by atoms with Crippen molar-refractivity contribution in [1.29, 1.82) is 5.26 Å². The summed E-state index contributed by atoms with van der Waals surface area (Å²) in [5.74, 6) is 2.00. The molecule has 0 spiro atoms. The van der Waals surface area contributed by atoms with Crippen LogP contribution in [0, 0.1) is 11.3 Å². The molecule has 1 atom stereocenters. The Morgan fingerprint density at radius 2 is 2.07 bits per heavy atom. The molecule has 1 aromatic carbocycles. The number of benzene rings is 1. The van der Waals surface area contributed by atoms with Crippen molar-refractivity contribution in [3.05, 3.63) is 53.5 Å². The van der Waals surface area contributed by atoms with Crippen LogP contribution in [0.4, 0.5) is 0 Å². The quantitative estimate of drug-likeness (QED) is 0.677. The normalized spacial score (nSPS) is 14.5. The number of hydrogen-bond acceptors (Lipinski definition) is 7. The van der Waals surface area contributed by atoms with E-state index in [2.05, 4.69) is 21.1 Å². The predicted octanol–water partition coefficient (Wildman–Crippen LogP) is 2.41. The molecule has 0 unspecified atom stereocenters. The summed E-state index contributed by atoms with van der Waals surface area (Å²) in [6.45, 7) is 0.0950. The summed E-state index contributed by atoms with van der Waals surface area (Å²) in [6, 6.07) is 9.15. The fraction of sp³-hybridized carbons (Fsp3) is 0.300. The van der Waals surface area contributed by atoms with Crippen LogP contribution in [-0.4, -0.2) is 31.4 Å². The van der Waals surface area contributed by atoms with Gasteiger partial charge in [0.25, 0.3) is 0 Å². The van der Waals surface area contributed by atoms with Gasteiger partial charge < -0.3 is 15.6 Å². The van der Waals surface area contributed by atoms with E-state index in [9.17, 15) is 10.4 Å². The molecule has 1 fully saturated rings. The molecule has 2 aromatic heterocycles. The summed E-state index contributed by atoms with van der Waals surface area (Å²) in [6.07, 6.45) is 4.58. The number of aryl methyl sites for hydroxylation is 1. The topological polar surface area (TPSA) is 123 Å². The molecule has 1 saturated carbocycles. The lowest BCUT2D eigenvalue weighted by Crippen LogP contribution is -2.12. The van der Waals surface area contributed by atoms with Crippen molar-refractivity contribution in [2.24, 2.45) is 12.8 Å². The summed E-state index contributed by atoms with van der Waals surface area (Å²) in [5, 5.41) is 23.6. The lowest BCUT2D eigenvalue weighted by Gasteiger charge is -2.12. The van der Waals surface area contributed by atoms with E-state index in [1.807, 2.05) is 13.1 Å². The lowest BCUT2D eigenvalue weighted by molar-refractivity contribution is 0.186. The van der Waals surface area contributed by atoms with Crippen molar-refractivity contribution >= 4 is 0 Å². The first kappa shape index (κ1) is 18.1. The third-order valence-electron chi connectivity index (χ3n) is 4.70. The van der Waals surface area contributed by atoms with Gasteiger partial charge in [-0.2, -0.15) is 10.4 Å². The number of aliphatic hydroxyl groups excluding tert-OH is 1. The van der Waals surface area contributed by atoms with Crippen molar-refractivity contribution in [3.8, 4) is 29.1 Å². The highest BCUT2D eigenvalue weighted by Gasteiger charge is 2.27. The molecule has 0 saturated heterocycles. The second-order valence-electron chi connectivity index (χ2n) is 6.82. The molecule has 3 N–H and O–H groups in total. The van der Waals surface area contributed by atoms with Gasteiger partial charge >= 0.3 is 0 Å². The number of nitrogens with two attached hydrogens (primary N) is 1. The highest BCUT2D eigenvalue weighted by atomic mass is 16.5. The van der Waals surface area contributed by atoms with E-state index in [0.717, 1.165) is 18.5 Å². The van der Waals surface area contributed by atoms with E-state index in [-0.39, 0.29) is 6.54 Å². The fourth-order valence-corrected chi connectivity index (χ4v) is 2.90. The molecule has 1 aliphatic carbocycles. The number of aliphatic hydroxyl groups is 1. The zero-order valence-electron chi connectivity index (χ0n) is 15.4. The van der Waals surface area contributed by atoms with Gasteiger partial charge in [-0.25, -0.2) is 14.6 Å². The molecule has 0 bridgehead atoms. The summed E-state index contributed by atoms with van der Waals surface area (Å²) in [5.41, 5.74) is 8.15. The molecule has 3 aromatic rings. The van der Waals surface area contributed by atoms with Gasteiger partial charge in [-0.3, -0.25) is 0 Å². The first-order valence-electron chi connectivity index (χ1n) is 9.05. The van der Waals surface area contributed by atoms with E-state index in [1.165, 1.54) is 12.4 Å². The van der Waals surface area contributed by atoms with E-state index < -0.39 is 6.10 Å². The van der Waals surface area contributed by atoms with Crippen LogP contribution in [0.25, 0.3) is 11.4 Å². The minimum absolute atomic E-state index is 0.0950. The van der Waals surface area contributed by atoms with Crippen molar-refractivity contribution in [1.82, 2.24) is 19.7 Å². The van der Waals surface area contributed by atoms with Gasteiger partial charge in [0.15, 0.2) is 5.82 Å². The molecule has 8 heteroatoms. The Morgan fingerprint density at radius 1 is 1.32 bits per heavy atom. The van der Waals surface area contributed by atoms with E-state index >= 15 is 0 Å². The minimum Gasteiger partial charge on any atom is -0.438 e. The highest BCUT2D eigenvalue weighted by molar-refractivity contribution is 5.66. The number of hydrogen-bond donors (Lipinski definition) is 2. The number of aromatic nitrogens is 4. The Bertz CT molecular complexity index is 1030. The molecule has 142 valence electrons. The maximum atomic E-state index is 9.82. The SMILES string of the molecule is Cn1nc(C2CC2)cc1Oc1cc(C#N)ccc1-c1ncc([C@@H](O)CN)cn1. The van der Waals surface area contributed by atoms with Gasteiger partial charge in [-0.1, -0.05) is 0 Å². The van der Waals surface area contributed by atoms with Crippen LogP contribution in [0.5, 0.6) is 11.6 Å². The average Bonchev–Trinajstić information content (AvgIpc) is 3.51. The third kappa shape index (κ3) is 3.58. The molecule has 0 aliphatic heterocycles. The zero-order chi connectivity index (χ0) is 19.7. The molecular formula is C20H20N6O2. The molecule has 0 amide bonds. The van der Waals surface area contributed by atoms with Crippen LogP contribution < -0.4 is 10.5 Å². The van der Waals surface area contributed by atoms with Crippen molar-refractivity contribution in [2.45, 2.75) is 24.9 Å². The van der Waals surface area contributed by atoms with Gasteiger partial charge in [0, 0.05) is 43.5 Å². The maximum absolute atomic E-state index is 9.82. The van der Waals surface area contributed by atoms with Crippen LogP contribution in [0.2, 0.25) is 0 Å². The maximum Gasteiger partial charge on any atom is 0.217 e. The first-order valence-corrected chi connectivity index (χ1v) is 9.05. The fourth-order valence-electron chi connectivity index (χ4n) is 2.90. The lowest BCUT2D eigenvalue weighted by atomic mass is 10.1. The standard InChI is InChI=1S/C20H20N6O2/c1-26-19(7-16(25-26)13-3-4-13)28-18-6-12(8-21)2-5-15(18)20-23-10-14(11-24-20)17(27)9-22/h2,5-7,10-11,13,17,27H,3-4,9,22H2,1H3/t17-/m0/s1. The van der Waals surface area contributed by atoms with Crippen molar-refractivity contribution < 1.29 is 9.84 Å². The number of nitriles is 1. The molecule has 2 heterocycles. The van der Waals surface area contributed by atoms with Gasteiger partial charge in [0.2, 0.25) is 5.88 Å². The van der Waals surface area contributed by atoms with Gasteiger partial charge in [-0.15, -0.1) is 0 Å². The summed E-state index contributed by atoms with van der Waals surface area (Å²) in [7, 11) is 1.83. The Kier molecular flexibility index (Phi) is 4.77. The molecule has 1 aliphatic rings. The van der Waals surface area contributed by atoms with Gasteiger partial charge in [-0.05, 0) is 31.0 Å². The molecule has 28 heavy (non-hydrogen) atoms. The molecule has 4 rings (SSSR count). The summed E-state index contributed by atoms with van der Waals surface area (Å²) in [4.78, 5) is 8.66.